The molecule has 138 valence electrons. The van der Waals surface area contributed by atoms with Gasteiger partial charge < -0.3 is 14.7 Å². The molecule has 1 atom stereocenters. The fourth-order valence-corrected chi connectivity index (χ4v) is 3.56. The molecule has 3 rings (SSSR count). The third-order valence-corrected chi connectivity index (χ3v) is 5.25. The number of fused-ring (bicyclic) bond motifs is 1. The number of rotatable bonds is 2. The normalized spacial score (nSPS) is 17.4. The van der Waals surface area contributed by atoms with E-state index in [2.05, 4.69) is 47.8 Å². The second-order valence-corrected chi connectivity index (χ2v) is 8.59. The van der Waals surface area contributed by atoms with Crippen LogP contribution in [-0.4, -0.2) is 34.2 Å². The van der Waals surface area contributed by atoms with Crippen LogP contribution in [0.5, 0.6) is 11.6 Å². The third kappa shape index (κ3) is 4.18. The summed E-state index contributed by atoms with van der Waals surface area (Å²) in [4.78, 5) is 17.3. The molecule has 1 amide bonds. The minimum absolute atomic E-state index is 0.0393. The van der Waals surface area contributed by atoms with Crippen LogP contribution < -0.4 is 4.74 Å². The molecule has 5 nitrogen and oxygen atoms in total. The Morgan fingerprint density at radius 1 is 1.31 bits per heavy atom. The fraction of sp³-hybridized carbons (Fsp3) is 0.400. The standard InChI is InChI=1S/C20H23BrN2O3/c1-20(2,3)17-12-23(19(24)25)9-8-13-10-15(5-6-16(13)17)26-18-7-4-14(21)11-22-18/h4-7,10-11,17H,8-9,12H2,1-3H3,(H,24,25). The Morgan fingerprint density at radius 3 is 2.69 bits per heavy atom. The van der Waals surface area contributed by atoms with Crippen molar-refractivity contribution >= 4 is 22.0 Å². The molecule has 6 heteroatoms. The Bertz CT molecular complexity index is 800. The van der Waals surface area contributed by atoms with E-state index in [1.54, 1.807) is 12.3 Å². The predicted octanol–water partition coefficient (Wildman–Crippen LogP) is 5.30. The van der Waals surface area contributed by atoms with Gasteiger partial charge in [-0.05, 0) is 57.1 Å². The van der Waals surface area contributed by atoms with Crippen molar-refractivity contribution in [1.82, 2.24) is 9.88 Å². The van der Waals surface area contributed by atoms with Crippen LogP contribution in [0, 0.1) is 5.41 Å². The van der Waals surface area contributed by atoms with Crippen LogP contribution in [0.25, 0.3) is 0 Å². The lowest BCUT2D eigenvalue weighted by Gasteiger charge is -2.33. The van der Waals surface area contributed by atoms with Crippen molar-refractivity contribution in [3.63, 3.8) is 0 Å². The van der Waals surface area contributed by atoms with E-state index in [0.717, 1.165) is 15.8 Å². The van der Waals surface area contributed by atoms with Gasteiger partial charge in [0.1, 0.15) is 5.75 Å². The number of ether oxygens (including phenoxy) is 1. The molecule has 0 saturated heterocycles. The van der Waals surface area contributed by atoms with Crippen LogP contribution in [0.3, 0.4) is 0 Å². The molecule has 1 aliphatic rings. The highest BCUT2D eigenvalue weighted by Gasteiger charge is 2.33. The number of nitrogens with zero attached hydrogens (tertiary/aromatic N) is 2. The highest BCUT2D eigenvalue weighted by molar-refractivity contribution is 9.10. The molecule has 0 spiro atoms. The number of hydrogen-bond donors (Lipinski definition) is 1. The van der Waals surface area contributed by atoms with Crippen LogP contribution in [0.1, 0.15) is 37.8 Å². The number of benzene rings is 1. The number of pyridine rings is 1. The molecule has 1 aromatic carbocycles. The lowest BCUT2D eigenvalue weighted by molar-refractivity contribution is 0.135. The average Bonchev–Trinajstić information content (AvgIpc) is 2.76. The van der Waals surface area contributed by atoms with Crippen LogP contribution in [-0.2, 0) is 6.42 Å². The molecule has 1 unspecified atom stereocenters. The lowest BCUT2D eigenvalue weighted by atomic mass is 9.75. The molecule has 2 heterocycles. The summed E-state index contributed by atoms with van der Waals surface area (Å²) in [7, 11) is 0. The van der Waals surface area contributed by atoms with Crippen LogP contribution in [0.2, 0.25) is 0 Å². The first kappa shape index (κ1) is 18.7. The van der Waals surface area contributed by atoms with Crippen molar-refractivity contribution in [2.45, 2.75) is 33.1 Å². The SMILES string of the molecule is CC(C)(C)C1CN(C(=O)O)CCc2cc(Oc3ccc(Br)cn3)ccc21. The van der Waals surface area contributed by atoms with Gasteiger partial charge in [0.2, 0.25) is 5.88 Å². The lowest BCUT2D eigenvalue weighted by Crippen LogP contribution is -2.36. The smallest absolute Gasteiger partial charge is 0.407 e. The number of amides is 1. The van der Waals surface area contributed by atoms with Crippen molar-refractivity contribution in [3.05, 3.63) is 52.1 Å². The van der Waals surface area contributed by atoms with Gasteiger partial charge in [0.15, 0.2) is 0 Å². The first-order valence-corrected chi connectivity index (χ1v) is 9.43. The Kier molecular flexibility index (Phi) is 5.23. The minimum atomic E-state index is -0.859. The van der Waals surface area contributed by atoms with Gasteiger partial charge in [0.05, 0.1) is 0 Å². The van der Waals surface area contributed by atoms with Gasteiger partial charge in [0, 0.05) is 35.7 Å². The van der Waals surface area contributed by atoms with Crippen molar-refractivity contribution in [2.75, 3.05) is 13.1 Å². The fourth-order valence-electron chi connectivity index (χ4n) is 3.32. The monoisotopic (exact) mass is 418 g/mol. The van der Waals surface area contributed by atoms with Crippen molar-refractivity contribution < 1.29 is 14.6 Å². The maximum Gasteiger partial charge on any atom is 0.407 e. The molecule has 1 aromatic heterocycles. The van der Waals surface area contributed by atoms with Crippen molar-refractivity contribution in [1.29, 1.82) is 0 Å². The zero-order chi connectivity index (χ0) is 18.9. The topological polar surface area (TPSA) is 62.7 Å². The predicted molar refractivity (Wildman–Crippen MR) is 104 cm³/mol. The van der Waals surface area contributed by atoms with Gasteiger partial charge in [-0.1, -0.05) is 26.8 Å². The first-order valence-electron chi connectivity index (χ1n) is 8.64. The Morgan fingerprint density at radius 2 is 2.08 bits per heavy atom. The molecule has 2 aromatic rings. The molecular formula is C20H23BrN2O3. The zero-order valence-electron chi connectivity index (χ0n) is 15.2. The second-order valence-electron chi connectivity index (χ2n) is 7.67. The maximum absolute atomic E-state index is 11.6. The van der Waals surface area contributed by atoms with Gasteiger partial charge >= 0.3 is 6.09 Å². The summed E-state index contributed by atoms with van der Waals surface area (Å²) in [6.07, 6.45) is 1.51. The summed E-state index contributed by atoms with van der Waals surface area (Å²) in [5.74, 6) is 1.38. The molecule has 0 radical (unpaired) electrons. The van der Waals surface area contributed by atoms with Crippen LogP contribution in [0.4, 0.5) is 4.79 Å². The Balaban J connectivity index is 1.92. The molecule has 0 aliphatic carbocycles. The van der Waals surface area contributed by atoms with Crippen LogP contribution >= 0.6 is 15.9 Å². The summed E-state index contributed by atoms with van der Waals surface area (Å²) < 4.78 is 6.77. The molecule has 0 fully saturated rings. The minimum Gasteiger partial charge on any atom is -0.465 e. The summed E-state index contributed by atoms with van der Waals surface area (Å²) in [5.41, 5.74) is 2.31. The van der Waals surface area contributed by atoms with E-state index >= 15 is 0 Å². The quantitative estimate of drug-likeness (QED) is 0.718. The number of carbonyl (C=O) groups is 1. The van der Waals surface area contributed by atoms with Crippen molar-refractivity contribution in [3.8, 4) is 11.6 Å². The number of carboxylic acid groups (broad SMARTS) is 1. The van der Waals surface area contributed by atoms with E-state index < -0.39 is 6.09 Å². The van der Waals surface area contributed by atoms with Crippen LogP contribution in [0.15, 0.2) is 41.0 Å². The maximum atomic E-state index is 11.6. The number of halogens is 1. The Labute approximate surface area is 162 Å². The summed E-state index contributed by atoms with van der Waals surface area (Å²) in [6.45, 7) is 7.48. The van der Waals surface area contributed by atoms with E-state index in [4.69, 9.17) is 4.74 Å². The summed E-state index contributed by atoms with van der Waals surface area (Å²) >= 11 is 3.36. The first-order chi connectivity index (χ1) is 12.2. The van der Waals surface area contributed by atoms with E-state index in [0.29, 0.717) is 25.4 Å². The Hall–Kier alpha value is -2.08. The number of aromatic nitrogens is 1. The molecular weight excluding hydrogens is 396 g/mol. The van der Waals surface area contributed by atoms with Gasteiger partial charge in [-0.2, -0.15) is 0 Å². The van der Waals surface area contributed by atoms with Gasteiger partial charge in [0.25, 0.3) is 0 Å². The molecule has 0 bridgehead atoms. The molecule has 0 saturated carbocycles. The summed E-state index contributed by atoms with van der Waals surface area (Å²) in [6, 6.07) is 9.72. The molecule has 26 heavy (non-hydrogen) atoms. The van der Waals surface area contributed by atoms with E-state index in [9.17, 15) is 9.90 Å². The van der Waals surface area contributed by atoms with Gasteiger partial charge in [-0.15, -0.1) is 0 Å². The van der Waals surface area contributed by atoms with Gasteiger partial charge in [-0.25, -0.2) is 9.78 Å². The van der Waals surface area contributed by atoms with E-state index in [-0.39, 0.29) is 11.3 Å². The molecule has 1 aliphatic heterocycles. The number of hydrogen-bond acceptors (Lipinski definition) is 3. The highest BCUT2D eigenvalue weighted by Crippen LogP contribution is 2.40. The largest absolute Gasteiger partial charge is 0.465 e. The summed E-state index contributed by atoms with van der Waals surface area (Å²) in [5, 5.41) is 9.49. The highest BCUT2D eigenvalue weighted by atomic mass is 79.9. The zero-order valence-corrected chi connectivity index (χ0v) is 16.8. The molecule has 1 N–H and O–H groups in total. The average molecular weight is 419 g/mol. The van der Waals surface area contributed by atoms with Gasteiger partial charge in [-0.3, -0.25) is 0 Å². The van der Waals surface area contributed by atoms with Crippen molar-refractivity contribution in [2.24, 2.45) is 5.41 Å². The van der Waals surface area contributed by atoms with E-state index in [1.807, 2.05) is 18.2 Å². The third-order valence-electron chi connectivity index (χ3n) is 4.78. The van der Waals surface area contributed by atoms with E-state index in [1.165, 1.54) is 10.5 Å². The second kappa shape index (κ2) is 7.27.